The van der Waals surface area contributed by atoms with E-state index in [1.807, 2.05) is 41.3 Å². The zero-order valence-corrected chi connectivity index (χ0v) is 16.4. The number of thioether (sulfide) groups is 1. The summed E-state index contributed by atoms with van der Waals surface area (Å²) in [6, 6.07) is 11.9. The smallest absolute Gasteiger partial charge is 0.233 e. The molecule has 0 spiro atoms. The van der Waals surface area contributed by atoms with Gasteiger partial charge in [-0.3, -0.25) is 14.9 Å². The van der Waals surface area contributed by atoms with Crippen molar-refractivity contribution in [1.29, 1.82) is 0 Å². The SMILES string of the molecule is COc1ccc(CN(C(=O)CSc2n[nH]c(-c3ccncc3)n2)C2CC2)cc1. The van der Waals surface area contributed by atoms with Gasteiger partial charge in [-0.2, -0.15) is 0 Å². The van der Waals surface area contributed by atoms with Crippen LogP contribution in [0.1, 0.15) is 18.4 Å². The highest BCUT2D eigenvalue weighted by Gasteiger charge is 2.32. The second kappa shape index (κ2) is 8.43. The van der Waals surface area contributed by atoms with E-state index in [-0.39, 0.29) is 5.91 Å². The summed E-state index contributed by atoms with van der Waals surface area (Å²) in [6.45, 7) is 0.615. The largest absolute Gasteiger partial charge is 0.497 e. The van der Waals surface area contributed by atoms with E-state index in [1.54, 1.807) is 19.5 Å². The van der Waals surface area contributed by atoms with Crippen molar-refractivity contribution < 1.29 is 9.53 Å². The Bertz CT molecular complexity index is 925. The summed E-state index contributed by atoms with van der Waals surface area (Å²) in [4.78, 5) is 23.2. The van der Waals surface area contributed by atoms with Gasteiger partial charge >= 0.3 is 0 Å². The van der Waals surface area contributed by atoms with E-state index >= 15 is 0 Å². The van der Waals surface area contributed by atoms with Gasteiger partial charge in [0.2, 0.25) is 11.1 Å². The Balaban J connectivity index is 1.36. The number of aromatic amines is 1. The molecule has 1 aliphatic rings. The molecule has 0 atom stereocenters. The minimum atomic E-state index is 0.110. The average Bonchev–Trinajstić information content (AvgIpc) is 3.48. The topological polar surface area (TPSA) is 84.0 Å². The number of nitrogens with zero attached hydrogens (tertiary/aromatic N) is 4. The minimum absolute atomic E-state index is 0.110. The van der Waals surface area contributed by atoms with E-state index in [1.165, 1.54) is 11.8 Å². The van der Waals surface area contributed by atoms with Gasteiger partial charge in [-0.15, -0.1) is 5.10 Å². The van der Waals surface area contributed by atoms with Crippen LogP contribution in [-0.2, 0) is 11.3 Å². The predicted octanol–water partition coefficient (Wildman–Crippen LogP) is 3.16. The molecule has 28 heavy (non-hydrogen) atoms. The van der Waals surface area contributed by atoms with Crippen LogP contribution < -0.4 is 4.74 Å². The minimum Gasteiger partial charge on any atom is -0.497 e. The number of H-pyrrole nitrogens is 1. The van der Waals surface area contributed by atoms with Gasteiger partial charge in [0.05, 0.1) is 12.9 Å². The van der Waals surface area contributed by atoms with E-state index in [0.29, 0.717) is 29.3 Å². The molecule has 7 nitrogen and oxygen atoms in total. The molecule has 1 N–H and O–H groups in total. The average molecular weight is 395 g/mol. The third-order valence-electron chi connectivity index (χ3n) is 4.56. The van der Waals surface area contributed by atoms with Crippen LogP contribution in [0.5, 0.6) is 5.75 Å². The van der Waals surface area contributed by atoms with Gasteiger partial charge in [0, 0.05) is 30.5 Å². The van der Waals surface area contributed by atoms with Crippen molar-refractivity contribution in [1.82, 2.24) is 25.1 Å². The van der Waals surface area contributed by atoms with E-state index in [0.717, 1.165) is 29.7 Å². The fourth-order valence-electron chi connectivity index (χ4n) is 2.89. The van der Waals surface area contributed by atoms with Crippen molar-refractivity contribution in [3.63, 3.8) is 0 Å². The maximum absolute atomic E-state index is 12.8. The summed E-state index contributed by atoms with van der Waals surface area (Å²) in [5.41, 5.74) is 2.02. The molecule has 144 valence electrons. The quantitative estimate of drug-likeness (QED) is 0.590. The number of methoxy groups -OCH3 is 1. The predicted molar refractivity (Wildman–Crippen MR) is 107 cm³/mol. The summed E-state index contributed by atoms with van der Waals surface area (Å²) in [5, 5.41) is 7.69. The van der Waals surface area contributed by atoms with Crippen molar-refractivity contribution >= 4 is 17.7 Å². The maximum atomic E-state index is 12.8. The fraction of sp³-hybridized carbons (Fsp3) is 0.300. The molecule has 0 radical (unpaired) electrons. The van der Waals surface area contributed by atoms with E-state index in [2.05, 4.69) is 20.2 Å². The van der Waals surface area contributed by atoms with Crippen LogP contribution in [-0.4, -0.2) is 49.9 Å². The van der Waals surface area contributed by atoms with Gasteiger partial charge in [-0.1, -0.05) is 23.9 Å². The summed E-state index contributed by atoms with van der Waals surface area (Å²) in [7, 11) is 1.65. The van der Waals surface area contributed by atoms with Gasteiger partial charge in [0.15, 0.2) is 5.82 Å². The summed E-state index contributed by atoms with van der Waals surface area (Å²) >= 11 is 1.35. The highest BCUT2D eigenvalue weighted by atomic mass is 32.2. The molecule has 4 rings (SSSR count). The molecule has 1 amide bonds. The third-order valence-corrected chi connectivity index (χ3v) is 5.40. The number of pyridine rings is 1. The zero-order chi connectivity index (χ0) is 19.3. The number of carbonyl (C=O) groups is 1. The molecular weight excluding hydrogens is 374 g/mol. The Morgan fingerprint density at radius 3 is 2.64 bits per heavy atom. The van der Waals surface area contributed by atoms with Gasteiger partial charge in [0.1, 0.15) is 5.75 Å². The Morgan fingerprint density at radius 1 is 1.21 bits per heavy atom. The number of hydrogen-bond acceptors (Lipinski definition) is 6. The van der Waals surface area contributed by atoms with Crippen molar-refractivity contribution in [2.24, 2.45) is 0 Å². The van der Waals surface area contributed by atoms with Crippen molar-refractivity contribution in [2.75, 3.05) is 12.9 Å². The lowest BCUT2D eigenvalue weighted by Crippen LogP contribution is -2.34. The standard InChI is InChI=1S/C20H21N5O2S/c1-27-17-6-2-14(3-7-17)12-25(16-4-5-16)18(26)13-28-20-22-19(23-24-20)15-8-10-21-11-9-15/h2-3,6-11,16H,4-5,12-13H2,1H3,(H,22,23,24). The molecule has 2 heterocycles. The van der Waals surface area contributed by atoms with Crippen LogP contribution in [0.3, 0.4) is 0 Å². The van der Waals surface area contributed by atoms with Gasteiger partial charge in [-0.25, -0.2) is 4.98 Å². The normalized spacial score (nSPS) is 13.3. The molecule has 1 fully saturated rings. The first kappa shape index (κ1) is 18.5. The molecule has 2 aromatic heterocycles. The lowest BCUT2D eigenvalue weighted by molar-refractivity contribution is -0.129. The Kier molecular flexibility index (Phi) is 5.57. The van der Waals surface area contributed by atoms with Crippen LogP contribution in [0.4, 0.5) is 0 Å². The molecular formula is C20H21N5O2S. The van der Waals surface area contributed by atoms with Crippen LogP contribution >= 0.6 is 11.8 Å². The summed E-state index contributed by atoms with van der Waals surface area (Å²) in [6.07, 6.45) is 5.56. The van der Waals surface area contributed by atoms with E-state index < -0.39 is 0 Å². The third kappa shape index (κ3) is 4.51. The van der Waals surface area contributed by atoms with Gasteiger partial charge in [0.25, 0.3) is 0 Å². The van der Waals surface area contributed by atoms with Gasteiger partial charge < -0.3 is 9.64 Å². The van der Waals surface area contributed by atoms with Crippen LogP contribution in [0, 0.1) is 0 Å². The number of benzene rings is 1. The number of aromatic nitrogens is 4. The Morgan fingerprint density at radius 2 is 1.96 bits per heavy atom. The molecule has 0 aliphatic heterocycles. The van der Waals surface area contributed by atoms with Crippen LogP contribution in [0.25, 0.3) is 11.4 Å². The van der Waals surface area contributed by atoms with E-state index in [9.17, 15) is 4.79 Å². The number of rotatable bonds is 8. The number of nitrogens with one attached hydrogen (secondary N) is 1. The number of carbonyl (C=O) groups excluding carboxylic acids is 1. The summed E-state index contributed by atoms with van der Waals surface area (Å²) < 4.78 is 5.20. The fourth-order valence-corrected chi connectivity index (χ4v) is 3.58. The first-order valence-electron chi connectivity index (χ1n) is 9.11. The van der Waals surface area contributed by atoms with Gasteiger partial charge in [-0.05, 0) is 42.7 Å². The molecule has 0 saturated heterocycles. The molecule has 3 aromatic rings. The Hall–Kier alpha value is -2.87. The molecule has 8 heteroatoms. The maximum Gasteiger partial charge on any atom is 0.233 e. The van der Waals surface area contributed by atoms with Crippen molar-refractivity contribution in [3.05, 3.63) is 54.4 Å². The highest BCUT2D eigenvalue weighted by Crippen LogP contribution is 2.30. The molecule has 1 saturated carbocycles. The molecule has 1 aromatic carbocycles. The lowest BCUT2D eigenvalue weighted by Gasteiger charge is -2.22. The highest BCUT2D eigenvalue weighted by molar-refractivity contribution is 7.99. The van der Waals surface area contributed by atoms with Crippen molar-refractivity contribution in [2.45, 2.75) is 30.6 Å². The zero-order valence-electron chi connectivity index (χ0n) is 15.5. The first-order valence-corrected chi connectivity index (χ1v) is 10.1. The molecule has 0 unspecified atom stereocenters. The molecule has 1 aliphatic carbocycles. The second-order valence-electron chi connectivity index (χ2n) is 6.59. The van der Waals surface area contributed by atoms with Crippen LogP contribution in [0.2, 0.25) is 0 Å². The van der Waals surface area contributed by atoms with Crippen molar-refractivity contribution in [3.8, 4) is 17.1 Å². The van der Waals surface area contributed by atoms with Crippen LogP contribution in [0.15, 0.2) is 53.9 Å². The molecule has 0 bridgehead atoms. The first-order chi connectivity index (χ1) is 13.7. The summed E-state index contributed by atoms with van der Waals surface area (Å²) in [5.74, 6) is 1.92. The second-order valence-corrected chi connectivity index (χ2v) is 7.53. The lowest BCUT2D eigenvalue weighted by atomic mass is 10.2. The number of ether oxygens (including phenoxy) is 1. The Labute approximate surface area is 167 Å². The number of hydrogen-bond donors (Lipinski definition) is 1. The van der Waals surface area contributed by atoms with E-state index in [4.69, 9.17) is 4.74 Å². The number of amides is 1. The monoisotopic (exact) mass is 395 g/mol.